The summed E-state index contributed by atoms with van der Waals surface area (Å²) in [6, 6.07) is 0. The van der Waals surface area contributed by atoms with Gasteiger partial charge in [0.1, 0.15) is 0 Å². The molecule has 0 atom stereocenters. The largest absolute Gasteiger partial charge is 0.379 e. The van der Waals surface area contributed by atoms with Gasteiger partial charge in [0.05, 0.1) is 13.2 Å². The van der Waals surface area contributed by atoms with Crippen LogP contribution >= 0.6 is 12.8 Å². The Morgan fingerprint density at radius 2 is 2.00 bits per heavy atom. The second-order valence-corrected chi connectivity index (χ2v) is 1.90. The van der Waals surface area contributed by atoms with Gasteiger partial charge in [0, 0.05) is 13.1 Å². The van der Waals surface area contributed by atoms with Crippen LogP contribution in [0, 0.1) is 0 Å². The molecule has 0 radical (unpaired) electrons. The molecule has 4 heteroatoms. The number of rotatable bonds is 1. The van der Waals surface area contributed by atoms with Crippen LogP contribution in [-0.4, -0.2) is 31.3 Å². The van der Waals surface area contributed by atoms with Crippen LogP contribution in [0.1, 0.15) is 0 Å². The zero-order chi connectivity index (χ0) is 5.82. The zero-order valence-electron chi connectivity index (χ0n) is 4.63. The van der Waals surface area contributed by atoms with E-state index in [4.69, 9.17) is 4.74 Å². The predicted molar refractivity (Wildman–Crippen MR) is 34.5 cm³/mol. The van der Waals surface area contributed by atoms with Crippen LogP contribution in [0.4, 0.5) is 0 Å². The van der Waals surface area contributed by atoms with Gasteiger partial charge >= 0.3 is 0 Å². The smallest absolute Gasteiger partial charge is 0.0608 e. The average molecular weight is 134 g/mol. The maximum atomic E-state index is 5.09. The number of hydrazine groups is 1. The maximum Gasteiger partial charge on any atom is 0.0608 e. The minimum atomic E-state index is 0.813. The third-order valence-electron chi connectivity index (χ3n) is 1.15. The van der Waals surface area contributed by atoms with Crippen LogP contribution in [0.3, 0.4) is 0 Å². The molecule has 1 N–H and O–H groups in total. The highest BCUT2D eigenvalue weighted by atomic mass is 32.1. The first-order valence-electron chi connectivity index (χ1n) is 2.66. The predicted octanol–water partition coefficient (Wildman–Crippen LogP) is -0.332. The quantitative estimate of drug-likeness (QED) is 0.480. The molecule has 0 unspecified atom stereocenters. The molecule has 1 fully saturated rings. The summed E-state index contributed by atoms with van der Waals surface area (Å²) in [7, 11) is 0. The Labute approximate surface area is 54.5 Å². The molecule has 0 aliphatic carbocycles. The molecular weight excluding hydrogens is 124 g/mol. The molecule has 1 heterocycles. The standard InChI is InChI=1S/C4H10N2OS/c8-5-6-1-3-7-4-2-6/h5,8H,1-4H2. The fourth-order valence-corrected chi connectivity index (χ4v) is 0.863. The van der Waals surface area contributed by atoms with Crippen molar-refractivity contribution in [1.29, 1.82) is 0 Å². The first-order valence-corrected chi connectivity index (χ1v) is 3.10. The van der Waals surface area contributed by atoms with E-state index in [-0.39, 0.29) is 0 Å². The van der Waals surface area contributed by atoms with Gasteiger partial charge in [0.25, 0.3) is 0 Å². The van der Waals surface area contributed by atoms with E-state index in [1.807, 2.05) is 5.01 Å². The van der Waals surface area contributed by atoms with Crippen LogP contribution in [0.25, 0.3) is 0 Å². The molecule has 1 aliphatic rings. The first-order chi connectivity index (χ1) is 3.93. The Kier molecular flexibility index (Phi) is 2.62. The lowest BCUT2D eigenvalue weighted by atomic mass is 10.5. The summed E-state index contributed by atoms with van der Waals surface area (Å²) >= 11 is 3.88. The van der Waals surface area contributed by atoms with E-state index < -0.39 is 0 Å². The highest BCUT2D eigenvalue weighted by molar-refractivity contribution is 7.78. The van der Waals surface area contributed by atoms with Crippen LogP contribution in [0.5, 0.6) is 0 Å². The lowest BCUT2D eigenvalue weighted by Gasteiger charge is -2.24. The van der Waals surface area contributed by atoms with E-state index in [0.717, 1.165) is 26.3 Å². The molecule has 3 nitrogen and oxygen atoms in total. The topological polar surface area (TPSA) is 24.5 Å². The summed E-state index contributed by atoms with van der Waals surface area (Å²) in [4.78, 5) is 2.75. The summed E-state index contributed by atoms with van der Waals surface area (Å²) < 4.78 is 5.09. The normalized spacial score (nSPS) is 23.6. The lowest BCUT2D eigenvalue weighted by molar-refractivity contribution is 0.0293. The lowest BCUT2D eigenvalue weighted by Crippen LogP contribution is -2.41. The Morgan fingerprint density at radius 3 is 2.38 bits per heavy atom. The van der Waals surface area contributed by atoms with Crippen molar-refractivity contribution in [2.45, 2.75) is 0 Å². The zero-order valence-corrected chi connectivity index (χ0v) is 5.53. The van der Waals surface area contributed by atoms with Crippen molar-refractivity contribution in [2.24, 2.45) is 0 Å². The SMILES string of the molecule is SNN1CCOCC1. The fourth-order valence-electron chi connectivity index (χ4n) is 0.663. The van der Waals surface area contributed by atoms with Gasteiger partial charge in [0.15, 0.2) is 0 Å². The summed E-state index contributed by atoms with van der Waals surface area (Å²) in [5.41, 5.74) is 0. The van der Waals surface area contributed by atoms with E-state index in [0.29, 0.717) is 0 Å². The molecule has 8 heavy (non-hydrogen) atoms. The van der Waals surface area contributed by atoms with Gasteiger partial charge in [-0.15, -0.1) is 0 Å². The summed E-state index contributed by atoms with van der Waals surface area (Å²) in [6.07, 6.45) is 0. The van der Waals surface area contributed by atoms with Crippen molar-refractivity contribution in [3.63, 3.8) is 0 Å². The Morgan fingerprint density at radius 1 is 1.38 bits per heavy atom. The highest BCUT2D eigenvalue weighted by Crippen LogP contribution is 1.91. The van der Waals surface area contributed by atoms with Gasteiger partial charge in [-0.3, -0.25) is 0 Å². The molecule has 0 aromatic heterocycles. The van der Waals surface area contributed by atoms with Crippen LogP contribution in [-0.2, 0) is 4.74 Å². The number of nitrogens with zero attached hydrogens (tertiary/aromatic N) is 1. The molecular formula is C4H10N2OS. The number of hydrogen-bond donors (Lipinski definition) is 2. The fraction of sp³-hybridized carbons (Fsp3) is 1.00. The number of nitrogens with one attached hydrogen (secondary N) is 1. The molecule has 0 aromatic carbocycles. The van der Waals surface area contributed by atoms with Crippen molar-refractivity contribution < 1.29 is 4.74 Å². The van der Waals surface area contributed by atoms with Gasteiger partial charge in [-0.1, -0.05) is 12.8 Å². The van der Waals surface area contributed by atoms with Gasteiger partial charge in [-0.2, -0.15) is 0 Å². The molecule has 0 saturated carbocycles. The second-order valence-electron chi connectivity index (χ2n) is 1.70. The number of ether oxygens (including phenoxy) is 1. The van der Waals surface area contributed by atoms with Crippen molar-refractivity contribution in [3.05, 3.63) is 0 Å². The maximum absolute atomic E-state index is 5.09. The van der Waals surface area contributed by atoms with E-state index in [1.165, 1.54) is 0 Å². The van der Waals surface area contributed by atoms with Crippen LogP contribution < -0.4 is 4.83 Å². The Bertz CT molecular complexity index is 65.1. The summed E-state index contributed by atoms with van der Waals surface area (Å²) in [5.74, 6) is 0. The minimum absolute atomic E-state index is 0.813. The molecule has 0 amide bonds. The molecule has 1 saturated heterocycles. The third kappa shape index (κ3) is 1.63. The Hall–Kier alpha value is 0.230. The van der Waals surface area contributed by atoms with E-state index in [2.05, 4.69) is 17.6 Å². The van der Waals surface area contributed by atoms with Crippen molar-refractivity contribution in [3.8, 4) is 0 Å². The minimum Gasteiger partial charge on any atom is -0.379 e. The monoisotopic (exact) mass is 134 g/mol. The van der Waals surface area contributed by atoms with Crippen molar-refractivity contribution in [1.82, 2.24) is 9.84 Å². The number of morpholine rings is 1. The van der Waals surface area contributed by atoms with Crippen molar-refractivity contribution in [2.75, 3.05) is 26.3 Å². The molecule has 1 rings (SSSR count). The number of hydrogen-bond acceptors (Lipinski definition) is 4. The third-order valence-corrected chi connectivity index (χ3v) is 1.44. The van der Waals surface area contributed by atoms with E-state index in [9.17, 15) is 0 Å². The van der Waals surface area contributed by atoms with Gasteiger partial charge in [0.2, 0.25) is 0 Å². The average Bonchev–Trinajstić information content (AvgIpc) is 1.90. The number of thiol groups is 1. The molecule has 1 aliphatic heterocycles. The van der Waals surface area contributed by atoms with Crippen molar-refractivity contribution >= 4 is 12.8 Å². The van der Waals surface area contributed by atoms with E-state index in [1.54, 1.807) is 0 Å². The summed E-state index contributed by atoms with van der Waals surface area (Å²) in [6.45, 7) is 3.49. The molecule has 48 valence electrons. The Balaban J connectivity index is 2.13. The van der Waals surface area contributed by atoms with Gasteiger partial charge in [-0.25, -0.2) is 9.84 Å². The first kappa shape index (κ1) is 6.35. The molecule has 0 bridgehead atoms. The molecule has 0 aromatic rings. The summed E-state index contributed by atoms with van der Waals surface area (Å²) in [5, 5.41) is 2.01. The van der Waals surface area contributed by atoms with Crippen LogP contribution in [0.15, 0.2) is 0 Å². The van der Waals surface area contributed by atoms with Gasteiger partial charge in [-0.05, 0) is 0 Å². The van der Waals surface area contributed by atoms with Crippen LogP contribution in [0.2, 0.25) is 0 Å². The highest BCUT2D eigenvalue weighted by Gasteiger charge is 2.06. The van der Waals surface area contributed by atoms with E-state index >= 15 is 0 Å². The second kappa shape index (κ2) is 3.29. The molecule has 0 spiro atoms. The van der Waals surface area contributed by atoms with Gasteiger partial charge < -0.3 is 4.74 Å².